The van der Waals surface area contributed by atoms with Crippen molar-refractivity contribution in [2.45, 2.75) is 65.1 Å². The molecule has 0 spiro atoms. The molecule has 0 rings (SSSR count). The Labute approximate surface area is 245 Å². The maximum atomic E-state index is 9.34. The molecule has 0 aromatic heterocycles. The number of aliphatic hydroxyl groups is 5. The predicted octanol–water partition coefficient (Wildman–Crippen LogP) is -12.4. The second kappa shape index (κ2) is 30.7. The first kappa shape index (κ1) is 48.9. The van der Waals surface area contributed by atoms with Crippen LogP contribution in [0.1, 0.15) is 34.6 Å². The normalized spacial score (nSPS) is 12.8. The van der Waals surface area contributed by atoms with Crippen LogP contribution in [0, 0.1) is 0 Å². The smallest absolute Gasteiger partial charge is 0.547 e. The van der Waals surface area contributed by atoms with Crippen molar-refractivity contribution in [2.75, 3.05) is 0 Å². The quantitative estimate of drug-likeness (QED) is 0.190. The van der Waals surface area contributed by atoms with Crippen LogP contribution in [-0.2, 0) is 50.2 Å². The van der Waals surface area contributed by atoms with Crippen molar-refractivity contribution < 1.29 is 153 Å². The van der Waals surface area contributed by atoms with Crippen LogP contribution < -0.4 is 76.9 Å². The van der Waals surface area contributed by atoms with Gasteiger partial charge in [-0.3, -0.25) is 0 Å². The molecule has 180 valence electrons. The topological polar surface area (TPSA) is 302 Å². The van der Waals surface area contributed by atoms with Crippen molar-refractivity contribution >= 4 is 29.8 Å². The molecule has 5 atom stereocenters. The molecule has 17 heteroatoms. The van der Waals surface area contributed by atoms with Crippen molar-refractivity contribution in [3.8, 4) is 0 Å². The monoisotopic (exact) mass is 574 g/mol. The van der Waals surface area contributed by atoms with Crippen LogP contribution in [0.15, 0.2) is 0 Å². The van der Waals surface area contributed by atoms with Gasteiger partial charge in [0.15, 0.2) is 0 Å². The number of carboxylic acids is 5. The molecule has 0 aromatic rings. The number of aliphatic hydroxyl groups excluding tert-OH is 5. The van der Waals surface area contributed by atoms with Crippen molar-refractivity contribution in [3.05, 3.63) is 0 Å². The Balaban J connectivity index is -0.0000000481. The number of hydrogen-bond donors (Lipinski definition) is 5. The van der Waals surface area contributed by atoms with Crippen LogP contribution in [0.4, 0.5) is 0 Å². The Morgan fingerprint density at radius 3 is 0.469 bits per heavy atom. The summed E-state index contributed by atoms with van der Waals surface area (Å²) in [6.07, 6.45) is -6.71. The van der Waals surface area contributed by atoms with Gasteiger partial charge in [-0.2, -0.15) is 0 Å². The van der Waals surface area contributed by atoms with Gasteiger partial charge in [-0.15, -0.1) is 0 Å². The Morgan fingerprint density at radius 1 is 0.438 bits per heavy atom. The second-order valence-electron chi connectivity index (χ2n) is 4.98. The van der Waals surface area contributed by atoms with Crippen molar-refractivity contribution in [1.82, 2.24) is 0 Å². The molecule has 0 aliphatic heterocycles. The van der Waals surface area contributed by atoms with Crippen molar-refractivity contribution in [2.24, 2.45) is 0 Å². The zero-order chi connectivity index (χ0) is 25.8. The third-order valence-corrected chi connectivity index (χ3v) is 1.71. The summed E-state index contributed by atoms with van der Waals surface area (Å²) in [5.41, 5.74) is 0. The van der Waals surface area contributed by atoms with Gasteiger partial charge in [0.1, 0.15) is 0 Å². The SMILES string of the molecule is CC(O)C(=O)[O-].CC(O)C(=O)[O-].CC(O)C(=O)[O-].CC(O)C(=O)[O-].CC(O)C(=O)[O-].[K+].[Zr+4]. The van der Waals surface area contributed by atoms with E-state index < -0.39 is 60.4 Å². The molecule has 15 nitrogen and oxygen atoms in total. The summed E-state index contributed by atoms with van der Waals surface area (Å²) in [7, 11) is 0. The van der Waals surface area contributed by atoms with Crippen LogP contribution in [0.25, 0.3) is 0 Å². The fourth-order valence-electron chi connectivity index (χ4n) is 0. The first-order chi connectivity index (χ1) is 13.2. The van der Waals surface area contributed by atoms with Crippen LogP contribution >= 0.6 is 0 Å². The van der Waals surface area contributed by atoms with Crippen LogP contribution in [0.3, 0.4) is 0 Å². The third kappa shape index (κ3) is 63.0. The molecular formula is C15H25KO15Zr. The number of hydrogen-bond acceptors (Lipinski definition) is 15. The predicted molar refractivity (Wildman–Crippen MR) is 83.4 cm³/mol. The Hall–Kier alpha value is -0.331. The molecule has 0 aromatic carbocycles. The first-order valence-electron chi connectivity index (χ1n) is 7.66. The standard InChI is InChI=1S/5C3H6O3.K.Zr/c5*1-2(4)3(5)6;;/h5*2,4H,1H3,(H,5,6);;/q;;;;;+1;+4/p-5. The zero-order valence-electron chi connectivity index (χ0n) is 18.2. The van der Waals surface area contributed by atoms with E-state index in [1.807, 2.05) is 0 Å². The fourth-order valence-corrected chi connectivity index (χ4v) is 0. The molecule has 0 bridgehead atoms. The minimum Gasteiger partial charge on any atom is -0.547 e. The van der Waals surface area contributed by atoms with Crippen molar-refractivity contribution in [3.63, 3.8) is 0 Å². The molecule has 0 fully saturated rings. The van der Waals surface area contributed by atoms with Crippen molar-refractivity contribution in [1.29, 1.82) is 0 Å². The third-order valence-electron chi connectivity index (χ3n) is 1.71. The zero-order valence-corrected chi connectivity index (χ0v) is 23.8. The number of carboxylic acid groups (broad SMARTS) is 5. The summed E-state index contributed by atoms with van der Waals surface area (Å²) in [5, 5.41) is 86.5. The van der Waals surface area contributed by atoms with E-state index in [0.717, 1.165) is 34.6 Å². The Bertz CT molecular complexity index is 403. The molecule has 0 saturated carbocycles. The Morgan fingerprint density at radius 2 is 0.469 bits per heavy atom. The number of aliphatic carboxylic acids is 5. The van der Waals surface area contributed by atoms with E-state index in [9.17, 15) is 49.5 Å². The molecule has 0 aliphatic carbocycles. The van der Waals surface area contributed by atoms with Crippen LogP contribution in [0.5, 0.6) is 0 Å². The average Bonchev–Trinajstić information content (AvgIpc) is 2.56. The molecule has 0 aliphatic rings. The van der Waals surface area contributed by atoms with Gasteiger partial charge < -0.3 is 75.0 Å². The van der Waals surface area contributed by atoms with E-state index in [1.165, 1.54) is 0 Å². The Kier molecular flexibility index (Phi) is 46.9. The molecule has 0 radical (unpaired) electrons. The second-order valence-corrected chi connectivity index (χ2v) is 4.98. The van der Waals surface area contributed by atoms with Gasteiger partial charge in [0.05, 0.1) is 60.4 Å². The summed E-state index contributed by atoms with van der Waals surface area (Å²) in [5.74, 6) is -7.18. The maximum Gasteiger partial charge on any atom is 4.00 e. The van der Waals surface area contributed by atoms with E-state index in [4.69, 9.17) is 25.5 Å². The average molecular weight is 576 g/mol. The van der Waals surface area contributed by atoms with Gasteiger partial charge in [0, 0.05) is 0 Å². The first-order valence-corrected chi connectivity index (χ1v) is 7.66. The summed E-state index contributed by atoms with van der Waals surface area (Å²) < 4.78 is 0. The number of carbonyl (C=O) groups excluding carboxylic acids is 5. The minimum atomic E-state index is -1.44. The molecule has 5 N–H and O–H groups in total. The van der Waals surface area contributed by atoms with E-state index in [2.05, 4.69) is 0 Å². The largest absolute Gasteiger partial charge is 4.00 e. The molecule has 0 heterocycles. The van der Waals surface area contributed by atoms with E-state index >= 15 is 0 Å². The molecular weight excluding hydrogens is 550 g/mol. The van der Waals surface area contributed by atoms with Gasteiger partial charge in [-0.1, -0.05) is 0 Å². The van der Waals surface area contributed by atoms with Gasteiger partial charge >= 0.3 is 77.6 Å². The summed E-state index contributed by atoms with van der Waals surface area (Å²) in [6.45, 7) is 5.67. The van der Waals surface area contributed by atoms with Gasteiger partial charge in [0.25, 0.3) is 0 Å². The summed E-state index contributed by atoms with van der Waals surface area (Å²) in [6, 6.07) is 0. The maximum absolute atomic E-state index is 9.34. The van der Waals surface area contributed by atoms with Crippen LogP contribution in [0.2, 0.25) is 0 Å². The van der Waals surface area contributed by atoms with E-state index in [1.54, 1.807) is 0 Å². The van der Waals surface area contributed by atoms with E-state index in [-0.39, 0.29) is 77.6 Å². The molecule has 0 saturated heterocycles. The molecule has 0 amide bonds. The number of rotatable bonds is 5. The minimum absolute atomic E-state index is 0. The van der Waals surface area contributed by atoms with Gasteiger partial charge in [-0.05, 0) is 34.6 Å². The van der Waals surface area contributed by atoms with E-state index in [0.29, 0.717) is 0 Å². The van der Waals surface area contributed by atoms with Gasteiger partial charge in [0.2, 0.25) is 0 Å². The van der Waals surface area contributed by atoms with Crippen LogP contribution in [-0.4, -0.2) is 85.9 Å². The molecule has 32 heavy (non-hydrogen) atoms. The summed E-state index contributed by atoms with van der Waals surface area (Å²) in [4.78, 5) is 46.7. The summed E-state index contributed by atoms with van der Waals surface area (Å²) >= 11 is 0. The number of carbonyl (C=O) groups is 5. The molecule has 5 unspecified atom stereocenters. The fraction of sp³-hybridized carbons (Fsp3) is 0.667. The van der Waals surface area contributed by atoms with Gasteiger partial charge in [-0.25, -0.2) is 0 Å².